The standard InChI is InChI=1S/C17H16FN3O.3C2H6/c1-12-5-7-19-14(9-12)11-21-8-6-17(20-21)22-15-4-3-13(2)16(18)10-15;3*1-2/h3-10H,11H2,1-2H3;3*1-2H3. The number of ether oxygens (including phenoxy) is 1. The molecule has 3 aromatic rings. The van der Waals surface area contributed by atoms with Gasteiger partial charge in [0.1, 0.15) is 11.6 Å². The highest BCUT2D eigenvalue weighted by molar-refractivity contribution is 5.30. The summed E-state index contributed by atoms with van der Waals surface area (Å²) in [5.74, 6) is 0.568. The maximum atomic E-state index is 13.5. The molecule has 1 aromatic carbocycles. The lowest BCUT2D eigenvalue weighted by Crippen LogP contribution is -2.02. The lowest BCUT2D eigenvalue weighted by atomic mass is 10.2. The average molecular weight is 388 g/mol. The van der Waals surface area contributed by atoms with E-state index in [0.717, 1.165) is 11.3 Å². The third-order valence-corrected chi connectivity index (χ3v) is 3.28. The highest BCUT2D eigenvalue weighted by atomic mass is 19.1. The Morgan fingerprint density at radius 3 is 2.21 bits per heavy atom. The monoisotopic (exact) mass is 387 g/mol. The highest BCUT2D eigenvalue weighted by Crippen LogP contribution is 2.21. The SMILES string of the molecule is CC.CC.CC.Cc1ccnc(Cn2ccc(Oc3ccc(C)c(F)c3)n2)c1. The number of benzene rings is 1. The summed E-state index contributed by atoms with van der Waals surface area (Å²) in [6.45, 7) is 16.3. The predicted octanol–water partition coefficient (Wildman–Crippen LogP) is 6.95. The second-order valence-corrected chi connectivity index (χ2v) is 5.19. The van der Waals surface area contributed by atoms with E-state index in [0.29, 0.717) is 23.7 Å². The third-order valence-electron chi connectivity index (χ3n) is 3.28. The van der Waals surface area contributed by atoms with Crippen LogP contribution in [0.1, 0.15) is 58.4 Å². The Kier molecular flexibility index (Phi) is 13.0. The molecule has 0 radical (unpaired) electrons. The van der Waals surface area contributed by atoms with Crippen LogP contribution in [-0.4, -0.2) is 14.8 Å². The van der Waals surface area contributed by atoms with Gasteiger partial charge in [0.25, 0.3) is 0 Å². The van der Waals surface area contributed by atoms with E-state index in [1.807, 2.05) is 66.8 Å². The fourth-order valence-electron chi connectivity index (χ4n) is 2.09. The van der Waals surface area contributed by atoms with Crippen molar-refractivity contribution >= 4 is 0 Å². The van der Waals surface area contributed by atoms with E-state index in [9.17, 15) is 4.39 Å². The number of nitrogens with zero attached hydrogens (tertiary/aromatic N) is 3. The first kappa shape index (κ1) is 25.3. The van der Waals surface area contributed by atoms with Crippen molar-refractivity contribution in [1.82, 2.24) is 14.8 Å². The van der Waals surface area contributed by atoms with Crippen LogP contribution in [0, 0.1) is 19.7 Å². The maximum absolute atomic E-state index is 13.5. The van der Waals surface area contributed by atoms with Crippen molar-refractivity contribution in [2.45, 2.75) is 61.9 Å². The minimum absolute atomic E-state index is 0.291. The number of aromatic nitrogens is 3. The molecule has 0 saturated carbocycles. The first-order valence-electron chi connectivity index (χ1n) is 9.99. The van der Waals surface area contributed by atoms with E-state index in [4.69, 9.17) is 4.74 Å². The summed E-state index contributed by atoms with van der Waals surface area (Å²) in [6, 6.07) is 10.5. The molecule has 0 spiro atoms. The summed E-state index contributed by atoms with van der Waals surface area (Å²) in [6.07, 6.45) is 3.59. The average Bonchev–Trinajstić information content (AvgIpc) is 3.16. The zero-order chi connectivity index (χ0) is 21.5. The normalized spacial score (nSPS) is 9.04. The van der Waals surface area contributed by atoms with Gasteiger partial charge in [0, 0.05) is 24.5 Å². The van der Waals surface area contributed by atoms with Crippen molar-refractivity contribution in [2.24, 2.45) is 0 Å². The molecule has 0 bridgehead atoms. The van der Waals surface area contributed by atoms with Gasteiger partial charge in [-0.15, -0.1) is 5.10 Å². The van der Waals surface area contributed by atoms with E-state index < -0.39 is 0 Å². The van der Waals surface area contributed by atoms with Gasteiger partial charge in [-0.2, -0.15) is 0 Å². The molecule has 0 N–H and O–H groups in total. The largest absolute Gasteiger partial charge is 0.437 e. The van der Waals surface area contributed by atoms with Gasteiger partial charge in [0.15, 0.2) is 0 Å². The van der Waals surface area contributed by atoms with E-state index in [1.165, 1.54) is 6.07 Å². The summed E-state index contributed by atoms with van der Waals surface area (Å²) < 4.78 is 20.8. The molecule has 4 nitrogen and oxygen atoms in total. The van der Waals surface area contributed by atoms with Crippen LogP contribution in [0.5, 0.6) is 11.6 Å². The topological polar surface area (TPSA) is 39.9 Å². The fraction of sp³-hybridized carbons (Fsp3) is 0.391. The number of halogens is 1. The number of hydrogen-bond donors (Lipinski definition) is 0. The van der Waals surface area contributed by atoms with Crippen molar-refractivity contribution in [3.63, 3.8) is 0 Å². The van der Waals surface area contributed by atoms with E-state index in [-0.39, 0.29) is 5.82 Å². The molecule has 0 saturated heterocycles. The van der Waals surface area contributed by atoms with Gasteiger partial charge in [-0.3, -0.25) is 9.67 Å². The van der Waals surface area contributed by atoms with Crippen LogP contribution < -0.4 is 4.74 Å². The summed E-state index contributed by atoms with van der Waals surface area (Å²) >= 11 is 0. The number of aryl methyl sites for hydroxylation is 2. The predicted molar refractivity (Wildman–Crippen MR) is 116 cm³/mol. The second kappa shape index (κ2) is 14.4. The van der Waals surface area contributed by atoms with Gasteiger partial charge >= 0.3 is 0 Å². The Hall–Kier alpha value is -2.69. The fourth-order valence-corrected chi connectivity index (χ4v) is 2.09. The summed E-state index contributed by atoms with van der Waals surface area (Å²) in [5, 5.41) is 4.31. The van der Waals surface area contributed by atoms with Gasteiger partial charge in [0.2, 0.25) is 5.88 Å². The minimum atomic E-state index is -0.291. The van der Waals surface area contributed by atoms with E-state index in [2.05, 4.69) is 10.1 Å². The molecule has 5 heteroatoms. The van der Waals surface area contributed by atoms with Gasteiger partial charge in [-0.1, -0.05) is 47.6 Å². The lowest BCUT2D eigenvalue weighted by Gasteiger charge is -2.04. The molecular formula is C23H34FN3O. The smallest absolute Gasteiger partial charge is 0.238 e. The van der Waals surface area contributed by atoms with Crippen molar-refractivity contribution < 1.29 is 9.13 Å². The zero-order valence-corrected chi connectivity index (χ0v) is 18.5. The van der Waals surface area contributed by atoms with Crippen molar-refractivity contribution in [2.75, 3.05) is 0 Å². The lowest BCUT2D eigenvalue weighted by molar-refractivity contribution is 0.446. The van der Waals surface area contributed by atoms with E-state index >= 15 is 0 Å². The third kappa shape index (κ3) is 8.33. The molecule has 2 heterocycles. The van der Waals surface area contributed by atoms with Crippen molar-refractivity contribution in [3.8, 4) is 11.6 Å². The summed E-state index contributed by atoms with van der Waals surface area (Å²) in [5.41, 5.74) is 2.67. The summed E-state index contributed by atoms with van der Waals surface area (Å²) in [7, 11) is 0. The Morgan fingerprint density at radius 2 is 1.61 bits per heavy atom. The molecule has 0 aliphatic heterocycles. The van der Waals surface area contributed by atoms with Crippen LogP contribution >= 0.6 is 0 Å². The molecule has 154 valence electrons. The van der Waals surface area contributed by atoms with Crippen molar-refractivity contribution in [1.29, 1.82) is 0 Å². The Bertz CT molecular complexity index is 800. The molecule has 0 aliphatic rings. The molecule has 3 rings (SSSR count). The number of pyridine rings is 1. The first-order valence-corrected chi connectivity index (χ1v) is 9.99. The minimum Gasteiger partial charge on any atom is -0.437 e. The quantitative estimate of drug-likeness (QED) is 0.486. The van der Waals surface area contributed by atoms with Gasteiger partial charge in [-0.25, -0.2) is 4.39 Å². The Balaban J connectivity index is 0.00000111. The molecule has 0 fully saturated rings. The molecule has 0 aliphatic carbocycles. The van der Waals surface area contributed by atoms with Crippen LogP contribution in [0.25, 0.3) is 0 Å². The Labute approximate surface area is 169 Å². The van der Waals surface area contributed by atoms with Gasteiger partial charge < -0.3 is 4.74 Å². The number of rotatable bonds is 4. The zero-order valence-electron chi connectivity index (χ0n) is 18.5. The van der Waals surface area contributed by atoms with E-state index in [1.54, 1.807) is 36.0 Å². The van der Waals surface area contributed by atoms with Crippen molar-refractivity contribution in [3.05, 3.63) is 71.4 Å². The Morgan fingerprint density at radius 1 is 0.929 bits per heavy atom. The second-order valence-electron chi connectivity index (χ2n) is 5.19. The van der Waals surface area contributed by atoms with Crippen LogP contribution in [0.3, 0.4) is 0 Å². The summed E-state index contributed by atoms with van der Waals surface area (Å²) in [4.78, 5) is 4.30. The molecule has 28 heavy (non-hydrogen) atoms. The molecule has 2 aromatic heterocycles. The van der Waals surface area contributed by atoms with Gasteiger partial charge in [0.05, 0.1) is 12.2 Å². The maximum Gasteiger partial charge on any atom is 0.238 e. The molecular weight excluding hydrogens is 353 g/mol. The molecule has 0 atom stereocenters. The molecule has 0 unspecified atom stereocenters. The van der Waals surface area contributed by atoms with Crippen LogP contribution in [0.4, 0.5) is 4.39 Å². The highest BCUT2D eigenvalue weighted by Gasteiger charge is 2.05. The van der Waals surface area contributed by atoms with Crippen LogP contribution in [0.2, 0.25) is 0 Å². The van der Waals surface area contributed by atoms with Gasteiger partial charge in [-0.05, 0) is 43.2 Å². The molecule has 0 amide bonds. The number of hydrogen-bond acceptors (Lipinski definition) is 3. The van der Waals surface area contributed by atoms with Crippen LogP contribution in [0.15, 0.2) is 48.8 Å². The van der Waals surface area contributed by atoms with Crippen LogP contribution in [-0.2, 0) is 6.54 Å². The first-order chi connectivity index (χ1) is 13.6.